The van der Waals surface area contributed by atoms with Crippen molar-refractivity contribution in [3.63, 3.8) is 0 Å². The molecule has 0 amide bonds. The first-order valence-electron chi connectivity index (χ1n) is 5.29. The number of hydrogen-bond donors (Lipinski definition) is 0. The molecule has 2 rings (SSSR count). The van der Waals surface area contributed by atoms with E-state index < -0.39 is 17.9 Å². The van der Waals surface area contributed by atoms with E-state index in [9.17, 15) is 17.6 Å². The van der Waals surface area contributed by atoms with Crippen LogP contribution >= 0.6 is 0 Å². The maximum atomic E-state index is 13.5. The largest absolute Gasteiger partial charge is 0.573 e. The maximum absolute atomic E-state index is 13.5. The molecule has 0 N–H and O–H groups in total. The van der Waals surface area contributed by atoms with Crippen molar-refractivity contribution in [1.82, 2.24) is 0 Å². The average Bonchev–Trinajstić information content (AvgIpc) is 2.31. The van der Waals surface area contributed by atoms with E-state index in [0.29, 0.717) is 18.6 Å². The number of allylic oxidation sites excluding steroid dienone is 1. The first-order chi connectivity index (χ1) is 8.46. The van der Waals surface area contributed by atoms with Crippen molar-refractivity contribution in [3.8, 4) is 5.75 Å². The van der Waals surface area contributed by atoms with Crippen LogP contribution in [0.3, 0.4) is 0 Å². The molecule has 0 radical (unpaired) electrons. The van der Waals surface area contributed by atoms with E-state index in [1.807, 2.05) is 0 Å². The Balaban J connectivity index is 2.19. The van der Waals surface area contributed by atoms with Gasteiger partial charge < -0.3 is 9.47 Å². The summed E-state index contributed by atoms with van der Waals surface area (Å²) in [5.41, 5.74) is 0.599. The SMILES string of the molecule is Fc1cc([C@@H]2C=COCC2)ccc1OC(F)(F)F. The minimum atomic E-state index is -4.89. The van der Waals surface area contributed by atoms with Crippen molar-refractivity contribution >= 4 is 0 Å². The van der Waals surface area contributed by atoms with Gasteiger partial charge in [-0.3, -0.25) is 0 Å². The van der Waals surface area contributed by atoms with E-state index in [1.54, 1.807) is 6.08 Å². The second kappa shape index (κ2) is 4.88. The highest BCUT2D eigenvalue weighted by Gasteiger charge is 2.32. The highest BCUT2D eigenvalue weighted by Crippen LogP contribution is 2.30. The quantitative estimate of drug-likeness (QED) is 0.756. The van der Waals surface area contributed by atoms with Crippen LogP contribution in [0.15, 0.2) is 30.5 Å². The average molecular weight is 262 g/mol. The third kappa shape index (κ3) is 3.15. The molecule has 0 spiro atoms. The molecule has 0 aliphatic carbocycles. The van der Waals surface area contributed by atoms with E-state index in [4.69, 9.17) is 4.74 Å². The van der Waals surface area contributed by atoms with Crippen molar-refractivity contribution in [3.05, 3.63) is 41.9 Å². The molecule has 0 aromatic heterocycles. The van der Waals surface area contributed by atoms with Crippen LogP contribution < -0.4 is 4.74 Å². The topological polar surface area (TPSA) is 18.5 Å². The second-order valence-electron chi connectivity index (χ2n) is 3.83. The molecule has 1 atom stereocenters. The molecule has 0 bridgehead atoms. The molecule has 0 saturated heterocycles. The fraction of sp³-hybridized carbons (Fsp3) is 0.333. The molecule has 2 nitrogen and oxygen atoms in total. The lowest BCUT2D eigenvalue weighted by Crippen LogP contribution is -2.18. The number of benzene rings is 1. The minimum Gasteiger partial charge on any atom is -0.501 e. The predicted octanol–water partition coefficient (Wildman–Crippen LogP) is 3.74. The number of halogens is 4. The van der Waals surface area contributed by atoms with Gasteiger partial charge in [0.1, 0.15) is 0 Å². The minimum absolute atomic E-state index is 0.0480. The summed E-state index contributed by atoms with van der Waals surface area (Å²) in [6, 6.07) is 3.47. The standard InChI is InChI=1S/C12H10F4O2/c13-10-7-9(8-3-5-17-6-4-8)1-2-11(10)18-12(14,15)16/h1-3,5,7-8H,4,6H2/t8-/m1/s1. The summed E-state index contributed by atoms with van der Waals surface area (Å²) in [6.07, 6.45) is -0.981. The Bertz CT molecular complexity index is 454. The Hall–Kier alpha value is -1.72. The Morgan fingerprint density at radius 2 is 2.06 bits per heavy atom. The normalized spacial score (nSPS) is 19.4. The lowest BCUT2D eigenvalue weighted by Gasteiger charge is -2.18. The summed E-state index contributed by atoms with van der Waals surface area (Å²) in [6.45, 7) is 0.504. The molecule has 6 heteroatoms. The molecule has 98 valence electrons. The van der Waals surface area contributed by atoms with Gasteiger partial charge in [-0.25, -0.2) is 4.39 Å². The summed E-state index contributed by atoms with van der Waals surface area (Å²) in [5, 5.41) is 0. The molecular weight excluding hydrogens is 252 g/mol. The van der Waals surface area contributed by atoms with Crippen molar-refractivity contribution in [2.45, 2.75) is 18.7 Å². The summed E-state index contributed by atoms with van der Waals surface area (Å²) in [4.78, 5) is 0. The van der Waals surface area contributed by atoms with Crippen molar-refractivity contribution in [1.29, 1.82) is 0 Å². The fourth-order valence-corrected chi connectivity index (χ4v) is 1.74. The highest BCUT2D eigenvalue weighted by atomic mass is 19.4. The van der Waals surface area contributed by atoms with Gasteiger partial charge in [-0.15, -0.1) is 13.2 Å². The zero-order chi connectivity index (χ0) is 13.2. The van der Waals surface area contributed by atoms with Crippen LogP contribution in [0.2, 0.25) is 0 Å². The predicted molar refractivity (Wildman–Crippen MR) is 55.5 cm³/mol. The molecule has 18 heavy (non-hydrogen) atoms. The Labute approximate surface area is 101 Å². The van der Waals surface area contributed by atoms with Crippen molar-refractivity contribution in [2.24, 2.45) is 0 Å². The first-order valence-corrected chi connectivity index (χ1v) is 5.29. The van der Waals surface area contributed by atoms with E-state index in [2.05, 4.69) is 4.74 Å². The van der Waals surface area contributed by atoms with Crippen LogP contribution in [0, 0.1) is 5.82 Å². The molecular formula is C12H10F4O2. The Morgan fingerprint density at radius 3 is 2.61 bits per heavy atom. The van der Waals surface area contributed by atoms with Crippen LogP contribution in [0.25, 0.3) is 0 Å². The van der Waals surface area contributed by atoms with Crippen molar-refractivity contribution < 1.29 is 27.0 Å². The van der Waals surface area contributed by atoms with Gasteiger partial charge >= 0.3 is 6.36 Å². The van der Waals surface area contributed by atoms with E-state index in [1.165, 1.54) is 12.3 Å². The van der Waals surface area contributed by atoms with Gasteiger partial charge in [0, 0.05) is 5.92 Å². The van der Waals surface area contributed by atoms with Gasteiger partial charge in [0.25, 0.3) is 0 Å². The van der Waals surface area contributed by atoms with Gasteiger partial charge in [0.2, 0.25) is 0 Å². The second-order valence-corrected chi connectivity index (χ2v) is 3.83. The van der Waals surface area contributed by atoms with E-state index in [0.717, 1.165) is 12.1 Å². The third-order valence-corrected chi connectivity index (χ3v) is 2.56. The van der Waals surface area contributed by atoms with Gasteiger partial charge in [-0.2, -0.15) is 0 Å². The number of ether oxygens (including phenoxy) is 2. The number of rotatable bonds is 2. The van der Waals surface area contributed by atoms with Gasteiger partial charge in [0.15, 0.2) is 11.6 Å². The Kier molecular flexibility index (Phi) is 3.45. The molecule has 1 aliphatic heterocycles. The molecule has 0 saturated carbocycles. The van der Waals surface area contributed by atoms with Crippen LogP contribution in [-0.4, -0.2) is 13.0 Å². The molecule has 1 aromatic rings. The monoisotopic (exact) mass is 262 g/mol. The van der Waals surface area contributed by atoms with Crippen molar-refractivity contribution in [2.75, 3.05) is 6.61 Å². The lowest BCUT2D eigenvalue weighted by molar-refractivity contribution is -0.275. The van der Waals surface area contributed by atoms with E-state index >= 15 is 0 Å². The van der Waals surface area contributed by atoms with E-state index in [-0.39, 0.29) is 5.92 Å². The zero-order valence-corrected chi connectivity index (χ0v) is 9.21. The van der Waals surface area contributed by atoms with Crippen LogP contribution in [0.4, 0.5) is 17.6 Å². The van der Waals surface area contributed by atoms with Crippen LogP contribution in [0.5, 0.6) is 5.75 Å². The number of hydrogen-bond acceptors (Lipinski definition) is 2. The smallest absolute Gasteiger partial charge is 0.501 e. The summed E-state index contributed by atoms with van der Waals surface area (Å²) < 4.78 is 57.9. The lowest BCUT2D eigenvalue weighted by atomic mass is 9.95. The molecule has 1 aromatic carbocycles. The highest BCUT2D eigenvalue weighted by molar-refractivity contribution is 5.33. The van der Waals surface area contributed by atoms with Crippen LogP contribution in [-0.2, 0) is 4.74 Å². The van der Waals surface area contributed by atoms with Crippen LogP contribution in [0.1, 0.15) is 17.9 Å². The molecule has 1 aliphatic rings. The maximum Gasteiger partial charge on any atom is 0.573 e. The fourth-order valence-electron chi connectivity index (χ4n) is 1.74. The molecule has 1 heterocycles. The molecule has 0 unspecified atom stereocenters. The van der Waals surface area contributed by atoms with Gasteiger partial charge in [0.05, 0.1) is 12.9 Å². The Morgan fingerprint density at radius 1 is 1.28 bits per heavy atom. The van der Waals surface area contributed by atoms with Gasteiger partial charge in [-0.1, -0.05) is 6.07 Å². The zero-order valence-electron chi connectivity index (χ0n) is 9.21. The summed E-state index contributed by atoms with van der Waals surface area (Å²) >= 11 is 0. The summed E-state index contributed by atoms with van der Waals surface area (Å²) in [7, 11) is 0. The summed E-state index contributed by atoms with van der Waals surface area (Å²) in [5.74, 6) is -1.89. The van der Waals surface area contributed by atoms with Gasteiger partial charge in [-0.05, 0) is 30.2 Å². The first kappa shape index (κ1) is 12.7. The third-order valence-electron chi connectivity index (χ3n) is 2.56. The molecule has 0 fully saturated rings. The number of alkyl halides is 3.